The maximum absolute atomic E-state index is 11.8. The van der Waals surface area contributed by atoms with E-state index in [2.05, 4.69) is 10.6 Å². The summed E-state index contributed by atoms with van der Waals surface area (Å²) < 4.78 is 5.29. The number of ether oxygens (including phenoxy) is 1. The topological polar surface area (TPSA) is 50.4 Å². The highest BCUT2D eigenvalue weighted by molar-refractivity contribution is 5.79. The Bertz CT molecular complexity index is 213. The van der Waals surface area contributed by atoms with Crippen LogP contribution >= 0.6 is 0 Å². The highest BCUT2D eigenvalue weighted by Crippen LogP contribution is 2.17. The van der Waals surface area contributed by atoms with E-state index in [1.165, 1.54) is 0 Å². The third kappa shape index (κ3) is 3.80. The molecule has 0 saturated carbocycles. The maximum atomic E-state index is 11.8. The largest absolute Gasteiger partial charge is 0.379 e. The second-order valence-electron chi connectivity index (χ2n) is 4.56. The van der Waals surface area contributed by atoms with Crippen molar-refractivity contribution in [3.63, 3.8) is 0 Å². The number of nitrogens with one attached hydrogen (secondary N) is 2. The molecule has 1 amide bonds. The first-order valence-corrected chi connectivity index (χ1v) is 5.68. The van der Waals surface area contributed by atoms with Crippen molar-refractivity contribution in [2.75, 3.05) is 26.3 Å². The molecule has 0 aromatic carbocycles. The molecule has 0 aromatic rings. The van der Waals surface area contributed by atoms with Gasteiger partial charge in [0.2, 0.25) is 5.91 Å². The van der Waals surface area contributed by atoms with E-state index >= 15 is 0 Å². The summed E-state index contributed by atoms with van der Waals surface area (Å²) in [6, 6.07) is 0. The molecule has 1 aliphatic heterocycles. The van der Waals surface area contributed by atoms with E-state index in [1.54, 1.807) is 0 Å². The van der Waals surface area contributed by atoms with Gasteiger partial charge in [0.05, 0.1) is 12.1 Å². The number of hydrogen-bond donors (Lipinski definition) is 2. The van der Waals surface area contributed by atoms with Crippen molar-refractivity contribution in [1.82, 2.24) is 10.6 Å². The number of rotatable bonds is 5. The Kier molecular flexibility index (Phi) is 4.54. The van der Waals surface area contributed by atoms with E-state index in [1.807, 2.05) is 20.8 Å². The molecule has 15 heavy (non-hydrogen) atoms. The molecule has 0 aromatic heterocycles. The zero-order valence-electron chi connectivity index (χ0n) is 9.93. The summed E-state index contributed by atoms with van der Waals surface area (Å²) in [6.07, 6.45) is 0.909. The van der Waals surface area contributed by atoms with E-state index in [-0.39, 0.29) is 17.4 Å². The van der Waals surface area contributed by atoms with Crippen LogP contribution in [-0.2, 0) is 9.53 Å². The van der Waals surface area contributed by atoms with Gasteiger partial charge in [-0.3, -0.25) is 4.79 Å². The summed E-state index contributed by atoms with van der Waals surface area (Å²) in [4.78, 5) is 11.8. The van der Waals surface area contributed by atoms with Gasteiger partial charge in [-0.05, 0) is 19.9 Å². The molecule has 0 aliphatic carbocycles. The highest BCUT2D eigenvalue weighted by Gasteiger charge is 2.32. The van der Waals surface area contributed by atoms with Crippen molar-refractivity contribution in [2.24, 2.45) is 5.92 Å². The molecular weight excluding hydrogens is 192 g/mol. The standard InChI is InChI=1S/C11H22N2O2/c1-4-12-7-9(2)10(14)13-11(3)5-6-15-8-11/h9,12H,4-8H2,1-3H3,(H,13,14). The van der Waals surface area contributed by atoms with Crippen molar-refractivity contribution in [3.05, 3.63) is 0 Å². The molecule has 1 heterocycles. The quantitative estimate of drug-likeness (QED) is 0.702. The Balaban J connectivity index is 2.33. The van der Waals surface area contributed by atoms with Crippen LogP contribution in [0.25, 0.3) is 0 Å². The fourth-order valence-corrected chi connectivity index (χ4v) is 1.64. The molecule has 2 unspecified atom stereocenters. The monoisotopic (exact) mass is 214 g/mol. The highest BCUT2D eigenvalue weighted by atomic mass is 16.5. The lowest BCUT2D eigenvalue weighted by molar-refractivity contribution is -0.126. The lowest BCUT2D eigenvalue weighted by atomic mass is 10.0. The average molecular weight is 214 g/mol. The molecule has 0 radical (unpaired) electrons. The Morgan fingerprint density at radius 2 is 2.33 bits per heavy atom. The van der Waals surface area contributed by atoms with Crippen LogP contribution in [0.2, 0.25) is 0 Å². The molecule has 1 rings (SSSR count). The van der Waals surface area contributed by atoms with Crippen LogP contribution in [0.15, 0.2) is 0 Å². The molecule has 1 saturated heterocycles. The van der Waals surface area contributed by atoms with Crippen molar-refractivity contribution < 1.29 is 9.53 Å². The van der Waals surface area contributed by atoms with Crippen LogP contribution in [0.5, 0.6) is 0 Å². The third-order valence-electron chi connectivity index (χ3n) is 2.79. The predicted octanol–water partition coefficient (Wildman–Crippen LogP) is 0.527. The lowest BCUT2D eigenvalue weighted by Gasteiger charge is -2.25. The summed E-state index contributed by atoms with van der Waals surface area (Å²) >= 11 is 0. The maximum Gasteiger partial charge on any atom is 0.224 e. The van der Waals surface area contributed by atoms with Gasteiger partial charge in [0, 0.05) is 19.1 Å². The lowest BCUT2D eigenvalue weighted by Crippen LogP contribution is -2.49. The second kappa shape index (κ2) is 5.47. The average Bonchev–Trinajstić information content (AvgIpc) is 2.61. The van der Waals surface area contributed by atoms with Gasteiger partial charge in [0.1, 0.15) is 0 Å². The smallest absolute Gasteiger partial charge is 0.224 e. The number of amides is 1. The van der Waals surface area contributed by atoms with Gasteiger partial charge in [0.15, 0.2) is 0 Å². The van der Waals surface area contributed by atoms with Gasteiger partial charge >= 0.3 is 0 Å². The van der Waals surface area contributed by atoms with Crippen LogP contribution < -0.4 is 10.6 Å². The van der Waals surface area contributed by atoms with E-state index in [9.17, 15) is 4.79 Å². The van der Waals surface area contributed by atoms with Gasteiger partial charge in [-0.15, -0.1) is 0 Å². The Hall–Kier alpha value is -0.610. The first-order valence-electron chi connectivity index (χ1n) is 5.68. The van der Waals surface area contributed by atoms with Crippen molar-refractivity contribution in [3.8, 4) is 0 Å². The third-order valence-corrected chi connectivity index (χ3v) is 2.79. The van der Waals surface area contributed by atoms with E-state index in [0.717, 1.165) is 26.1 Å². The Morgan fingerprint density at radius 1 is 1.60 bits per heavy atom. The summed E-state index contributed by atoms with van der Waals surface area (Å²) in [5.41, 5.74) is -0.155. The fourth-order valence-electron chi connectivity index (χ4n) is 1.64. The fraction of sp³-hybridized carbons (Fsp3) is 0.909. The van der Waals surface area contributed by atoms with Crippen molar-refractivity contribution in [1.29, 1.82) is 0 Å². The molecule has 4 nitrogen and oxygen atoms in total. The van der Waals surface area contributed by atoms with Crippen LogP contribution in [0.1, 0.15) is 27.2 Å². The Labute approximate surface area is 91.8 Å². The van der Waals surface area contributed by atoms with Gasteiger partial charge in [0.25, 0.3) is 0 Å². The molecule has 2 N–H and O–H groups in total. The van der Waals surface area contributed by atoms with Crippen LogP contribution in [0, 0.1) is 5.92 Å². The van der Waals surface area contributed by atoms with Gasteiger partial charge in [-0.1, -0.05) is 13.8 Å². The Morgan fingerprint density at radius 3 is 2.87 bits per heavy atom. The minimum Gasteiger partial charge on any atom is -0.379 e. The van der Waals surface area contributed by atoms with Crippen molar-refractivity contribution >= 4 is 5.91 Å². The molecule has 2 atom stereocenters. The van der Waals surface area contributed by atoms with Gasteiger partial charge in [-0.25, -0.2) is 0 Å². The predicted molar refractivity (Wildman–Crippen MR) is 59.7 cm³/mol. The van der Waals surface area contributed by atoms with Gasteiger partial charge < -0.3 is 15.4 Å². The first-order chi connectivity index (χ1) is 7.07. The molecule has 88 valence electrons. The van der Waals surface area contributed by atoms with E-state index in [0.29, 0.717) is 6.61 Å². The van der Waals surface area contributed by atoms with Crippen LogP contribution in [0.4, 0.5) is 0 Å². The zero-order valence-corrected chi connectivity index (χ0v) is 9.93. The molecule has 1 aliphatic rings. The van der Waals surface area contributed by atoms with Crippen molar-refractivity contribution in [2.45, 2.75) is 32.7 Å². The summed E-state index contributed by atoms with van der Waals surface area (Å²) in [5, 5.41) is 6.23. The minimum atomic E-state index is -0.155. The molecule has 4 heteroatoms. The summed E-state index contributed by atoms with van der Waals surface area (Å²) in [6.45, 7) is 9.04. The summed E-state index contributed by atoms with van der Waals surface area (Å²) in [7, 11) is 0. The minimum absolute atomic E-state index is 0.0161. The SMILES string of the molecule is CCNCC(C)C(=O)NC1(C)CCOC1. The summed E-state index contributed by atoms with van der Waals surface area (Å²) in [5.74, 6) is 0.131. The van der Waals surface area contributed by atoms with E-state index in [4.69, 9.17) is 4.74 Å². The van der Waals surface area contributed by atoms with Crippen LogP contribution in [-0.4, -0.2) is 37.7 Å². The zero-order chi connectivity index (χ0) is 11.3. The second-order valence-corrected chi connectivity index (χ2v) is 4.56. The number of carbonyl (C=O) groups excluding carboxylic acids is 1. The van der Waals surface area contributed by atoms with Gasteiger partial charge in [-0.2, -0.15) is 0 Å². The van der Waals surface area contributed by atoms with E-state index < -0.39 is 0 Å². The molecule has 0 spiro atoms. The number of hydrogen-bond acceptors (Lipinski definition) is 3. The van der Waals surface area contributed by atoms with Crippen LogP contribution in [0.3, 0.4) is 0 Å². The molecular formula is C11H22N2O2. The normalized spacial score (nSPS) is 27.7. The number of carbonyl (C=O) groups is 1. The first kappa shape index (κ1) is 12.5. The molecule has 1 fully saturated rings. The molecule has 0 bridgehead atoms.